The number of nitrogens with one attached hydrogen (secondary N) is 3. The summed E-state index contributed by atoms with van der Waals surface area (Å²) in [5.74, 6) is -11.5. The zero-order valence-corrected chi connectivity index (χ0v) is 46.4. The maximum Gasteiger partial charge on any atom is 0.254 e. The summed E-state index contributed by atoms with van der Waals surface area (Å²) in [5.41, 5.74) is 53.2. The molecular weight excluding hydrogens is 1110 g/mol. The van der Waals surface area contributed by atoms with E-state index in [4.69, 9.17) is 57.3 Å². The number of hydrogen-bond acceptors (Lipinski definition) is 13. The quantitative estimate of drug-likeness (QED) is 0.0122. The predicted octanol–water partition coefficient (Wildman–Crippen LogP) is -0.274. The lowest BCUT2D eigenvalue weighted by molar-refractivity contribution is -0.121. The van der Waals surface area contributed by atoms with Gasteiger partial charge < -0.3 is 73.3 Å². The molecule has 4 atom stereocenters. The van der Waals surface area contributed by atoms with Gasteiger partial charge in [-0.25, -0.2) is 17.6 Å². The molecule has 25 nitrogen and oxygen atoms in total. The van der Waals surface area contributed by atoms with E-state index in [0.717, 1.165) is 48.5 Å². The summed E-state index contributed by atoms with van der Waals surface area (Å²) in [6.45, 7) is 0.309. The van der Waals surface area contributed by atoms with Gasteiger partial charge >= 0.3 is 0 Å². The number of ketones is 4. The molecule has 0 saturated carbocycles. The number of halogens is 4. The fourth-order valence-electron chi connectivity index (χ4n) is 8.59. The highest BCUT2D eigenvalue weighted by molar-refractivity contribution is 6.02. The van der Waals surface area contributed by atoms with E-state index in [9.17, 15) is 42.7 Å². The molecule has 0 fully saturated rings. The molecule has 4 amide bonds. The zero-order valence-electron chi connectivity index (χ0n) is 46.4. The van der Waals surface area contributed by atoms with E-state index in [0.29, 0.717) is 6.42 Å². The maximum absolute atomic E-state index is 15.6. The Balaban J connectivity index is 1.55. The third-order valence-corrected chi connectivity index (χ3v) is 12.9. The Kier molecular flexibility index (Phi) is 26.6. The monoisotopic (exact) mass is 1190 g/mol. The molecule has 0 spiro atoms. The normalized spacial score (nSPS) is 12.2. The van der Waals surface area contributed by atoms with Crippen LogP contribution >= 0.6 is 0 Å². The molecule has 4 rings (SSSR count). The van der Waals surface area contributed by atoms with Crippen LogP contribution in [0.4, 0.5) is 17.6 Å². The Morgan fingerprint density at radius 1 is 0.365 bits per heavy atom. The number of carbonyl (C=O) groups is 8. The first-order valence-corrected chi connectivity index (χ1v) is 26.7. The van der Waals surface area contributed by atoms with Crippen molar-refractivity contribution in [1.29, 1.82) is 0 Å². The van der Waals surface area contributed by atoms with Crippen molar-refractivity contribution in [2.24, 2.45) is 77.3 Å². The van der Waals surface area contributed by atoms with Gasteiger partial charge in [0.15, 0.2) is 47.0 Å². The Labute approximate surface area is 486 Å². The van der Waals surface area contributed by atoms with E-state index in [-0.39, 0.29) is 124 Å². The van der Waals surface area contributed by atoms with E-state index in [1.807, 2.05) is 0 Å². The lowest BCUT2D eigenvalue weighted by Gasteiger charge is -2.20. The third-order valence-electron chi connectivity index (χ3n) is 12.9. The van der Waals surface area contributed by atoms with Crippen molar-refractivity contribution >= 4 is 70.6 Å². The van der Waals surface area contributed by atoms with E-state index >= 15 is 13.2 Å². The summed E-state index contributed by atoms with van der Waals surface area (Å²) in [5, 5.41) is 7.54. The number of amides is 4. The molecule has 0 aromatic heterocycles. The first-order valence-electron chi connectivity index (χ1n) is 26.7. The van der Waals surface area contributed by atoms with Crippen LogP contribution in [-0.4, -0.2) is 121 Å². The summed E-state index contributed by atoms with van der Waals surface area (Å²) < 4.78 is 60.6. The molecule has 0 aliphatic carbocycles. The Morgan fingerprint density at radius 3 is 0.882 bits per heavy atom. The van der Waals surface area contributed by atoms with Crippen LogP contribution in [0, 0.1) is 23.3 Å². The van der Waals surface area contributed by atoms with E-state index in [2.05, 4.69) is 35.9 Å². The molecular formula is C56H71F4N17O8. The van der Waals surface area contributed by atoms with Crippen LogP contribution < -0.4 is 73.3 Å². The highest BCUT2D eigenvalue weighted by Gasteiger charge is 2.29. The van der Waals surface area contributed by atoms with Crippen LogP contribution in [0.15, 0.2) is 92.8 Å². The van der Waals surface area contributed by atoms with Gasteiger partial charge in [-0.2, -0.15) is 0 Å². The fraction of sp³-hybridized carbons (Fsp3) is 0.357. The molecule has 4 aromatic carbocycles. The van der Waals surface area contributed by atoms with Gasteiger partial charge in [-0.05, 0) is 122 Å². The van der Waals surface area contributed by atoms with Gasteiger partial charge in [-0.15, -0.1) is 0 Å². The Hall–Kier alpha value is -9.80. The van der Waals surface area contributed by atoms with Gasteiger partial charge in [0, 0.05) is 51.9 Å². The number of Topliss-reactive ketones (excluding diaryl/α,β-unsaturated/α-hetero) is 4. The number of aliphatic imine (C=N–C) groups is 4. The van der Waals surface area contributed by atoms with Gasteiger partial charge in [0.1, 0.15) is 23.3 Å². The van der Waals surface area contributed by atoms with E-state index in [1.54, 1.807) is 0 Å². The summed E-state index contributed by atoms with van der Waals surface area (Å²) in [7, 11) is 0. The lowest BCUT2D eigenvalue weighted by atomic mass is 9.96. The molecule has 0 aliphatic heterocycles. The molecule has 0 aliphatic rings. The summed E-state index contributed by atoms with van der Waals surface area (Å²) >= 11 is 0. The number of rotatable bonds is 35. The van der Waals surface area contributed by atoms with Gasteiger partial charge in [0.05, 0.1) is 46.4 Å². The second kappa shape index (κ2) is 33.3. The second-order valence-electron chi connectivity index (χ2n) is 19.7. The minimum absolute atomic E-state index is 0.00606. The van der Waals surface area contributed by atoms with Crippen molar-refractivity contribution in [1.82, 2.24) is 16.0 Å². The van der Waals surface area contributed by atoms with Gasteiger partial charge in [-0.1, -0.05) is 24.3 Å². The first kappa shape index (κ1) is 67.7. The first-order chi connectivity index (χ1) is 40.2. The van der Waals surface area contributed by atoms with E-state index in [1.165, 1.54) is 24.3 Å². The van der Waals surface area contributed by atoms with Crippen molar-refractivity contribution in [3.63, 3.8) is 0 Å². The van der Waals surface area contributed by atoms with Crippen LogP contribution in [0.25, 0.3) is 0 Å². The van der Waals surface area contributed by atoms with Crippen LogP contribution in [0.2, 0.25) is 0 Å². The van der Waals surface area contributed by atoms with Crippen LogP contribution in [-0.2, 0) is 44.9 Å². The van der Waals surface area contributed by atoms with Crippen LogP contribution in [0.3, 0.4) is 0 Å². The summed E-state index contributed by atoms with van der Waals surface area (Å²) in [6, 6.07) is 8.20. The van der Waals surface area contributed by atoms with Crippen molar-refractivity contribution in [2.75, 3.05) is 26.2 Å². The third kappa shape index (κ3) is 22.8. The maximum atomic E-state index is 15.6. The van der Waals surface area contributed by atoms with Gasteiger partial charge in [-0.3, -0.25) is 58.3 Å². The minimum atomic E-state index is -1.39. The van der Waals surface area contributed by atoms with Crippen molar-refractivity contribution in [3.8, 4) is 0 Å². The summed E-state index contributed by atoms with van der Waals surface area (Å²) in [4.78, 5) is 123. The van der Waals surface area contributed by atoms with Gasteiger partial charge in [0.25, 0.3) is 23.6 Å². The van der Waals surface area contributed by atoms with E-state index < -0.39 is 136 Å². The van der Waals surface area contributed by atoms with Crippen molar-refractivity contribution in [3.05, 3.63) is 141 Å². The number of guanidine groups is 4. The number of benzene rings is 4. The van der Waals surface area contributed by atoms with Crippen molar-refractivity contribution < 1.29 is 55.9 Å². The van der Waals surface area contributed by atoms with Gasteiger partial charge in [0.2, 0.25) is 0 Å². The molecule has 0 bridgehead atoms. The summed E-state index contributed by atoms with van der Waals surface area (Å²) in [6.07, 6.45) is -0.900. The average molecular weight is 1190 g/mol. The number of primary amides is 1. The molecule has 0 unspecified atom stereocenters. The molecule has 4 aromatic rings. The Morgan fingerprint density at radius 2 is 0.612 bits per heavy atom. The number of nitrogens with zero attached hydrogens (tertiary/aromatic N) is 4. The number of nitrogens with two attached hydrogens (primary N) is 10. The minimum Gasteiger partial charge on any atom is -0.370 e. The molecule has 0 heterocycles. The number of carbonyl (C=O) groups excluding carboxylic acids is 8. The molecule has 29 heteroatoms. The SMILES string of the molecule is NC(=O)c1cc(CC(=O)[C@@H](CCCN=C(N)N)NC(=O)c2cc(CC(=O)[C@@H](CCCN=C(N)N)NC(=O)c3cc(CC(=O)[C@@H](CCCN=C(N)N)NC(=O)c4cc(CC(=O)[C@H](N)CCCN=C(N)N)ccc4F)ccc3F)ccc2F)ccc1F. The molecule has 23 N–H and O–H groups in total. The van der Waals surface area contributed by atoms with Crippen LogP contribution in [0.1, 0.15) is 115 Å². The molecule has 85 heavy (non-hydrogen) atoms. The molecule has 456 valence electrons. The predicted molar refractivity (Wildman–Crippen MR) is 310 cm³/mol. The topological polar surface area (TPSA) is 482 Å². The van der Waals surface area contributed by atoms with Crippen LogP contribution in [0.5, 0.6) is 0 Å². The fourth-order valence-corrected chi connectivity index (χ4v) is 8.59. The molecule has 0 saturated heterocycles. The highest BCUT2D eigenvalue weighted by atomic mass is 19.1. The Bertz CT molecular complexity index is 3210. The lowest BCUT2D eigenvalue weighted by Crippen LogP contribution is -2.43. The zero-order chi connectivity index (χ0) is 62.9. The van der Waals surface area contributed by atoms with Crippen molar-refractivity contribution in [2.45, 2.75) is 101 Å². The number of hydrogen-bond donors (Lipinski definition) is 13. The molecule has 0 radical (unpaired) electrons. The largest absolute Gasteiger partial charge is 0.370 e. The smallest absolute Gasteiger partial charge is 0.254 e. The second-order valence-corrected chi connectivity index (χ2v) is 19.7. The standard InChI is InChI=1S/C56H71F4N17O8/c57-37-13-9-29(21-33(37)49(62)82)26-46(79)42(6-2-18-72-54(65)66)75-51(84)35-23-31(11-15-39(35)59)28-48(81)44(8-4-20-74-56(69)70)77-52(85)36-24-32(12-16-40(36)60)27-47(80)43(7-3-19-73-55(67)68)76-50(83)34-22-30(10-14-38(34)58)25-45(78)41(61)5-1-17-71-53(63)64/h9-16,21-24,41-44H,1-8,17-20,25-28,61H2,(H2,62,82)(H,75,84)(H,76,83)(H,77,85)(H4,63,64,71)(H4,65,66,72)(H4,67,68,73)(H4,69,70,74)/t41-,42-,43-,44-/m1/s1. The average Bonchev–Trinajstić information content (AvgIpc) is 3.56. The highest BCUT2D eigenvalue weighted by Crippen LogP contribution is 2.20.